The maximum absolute atomic E-state index is 12.9. The third kappa shape index (κ3) is 2.51. The highest BCUT2D eigenvalue weighted by Crippen LogP contribution is 2.38. The predicted octanol–water partition coefficient (Wildman–Crippen LogP) is 2.36. The summed E-state index contributed by atoms with van der Waals surface area (Å²) in [6.45, 7) is -0.112. The smallest absolute Gasteiger partial charge is 0.242 e. The van der Waals surface area contributed by atoms with E-state index in [-0.39, 0.29) is 13.0 Å². The van der Waals surface area contributed by atoms with Gasteiger partial charge in [0.25, 0.3) is 0 Å². The van der Waals surface area contributed by atoms with Crippen LogP contribution in [0.15, 0.2) is 48.2 Å². The van der Waals surface area contributed by atoms with Gasteiger partial charge in [-0.05, 0) is 43.4 Å². The molecule has 0 amide bonds. The molecule has 0 saturated carbocycles. The van der Waals surface area contributed by atoms with Gasteiger partial charge < -0.3 is 5.11 Å². The van der Waals surface area contributed by atoms with E-state index < -0.39 is 15.3 Å². The van der Waals surface area contributed by atoms with Gasteiger partial charge in [0.05, 0.1) is 10.9 Å². The Morgan fingerprint density at radius 3 is 2.81 bits per heavy atom. The Morgan fingerprint density at radius 1 is 1.29 bits per heavy atom. The predicted molar refractivity (Wildman–Crippen MR) is 83.5 cm³/mol. The lowest BCUT2D eigenvalue weighted by atomic mass is 10.0. The van der Waals surface area contributed by atoms with Crippen molar-refractivity contribution < 1.29 is 13.5 Å². The molecule has 1 atom stereocenters. The van der Waals surface area contributed by atoms with Crippen LogP contribution in [0.25, 0.3) is 0 Å². The van der Waals surface area contributed by atoms with E-state index in [4.69, 9.17) is 0 Å². The molecular formula is C16H19NO3S. The molecule has 1 heterocycles. The van der Waals surface area contributed by atoms with E-state index >= 15 is 0 Å². The number of sulfonamides is 1. The highest BCUT2D eigenvalue weighted by molar-refractivity contribution is 7.93. The zero-order valence-electron chi connectivity index (χ0n) is 11.8. The van der Waals surface area contributed by atoms with Crippen molar-refractivity contribution in [3.05, 3.63) is 53.8 Å². The fourth-order valence-corrected chi connectivity index (χ4v) is 5.01. The number of anilines is 1. The first-order valence-corrected chi connectivity index (χ1v) is 8.73. The standard InChI is InChI=1S/C16H19NO3S/c18-11-10-15-12-13-6-4-5-9-16(13)17(21(15,19)20)14-7-2-1-3-8-14/h1-2,4-7,9,15,18H,3,8,10-12H2. The molecule has 1 aromatic rings. The van der Waals surface area contributed by atoms with Crippen molar-refractivity contribution in [2.45, 2.75) is 30.9 Å². The van der Waals surface area contributed by atoms with Crippen LogP contribution in [0.1, 0.15) is 24.8 Å². The Balaban J connectivity index is 2.13. The number of hydrogen-bond acceptors (Lipinski definition) is 3. The van der Waals surface area contributed by atoms with Crippen molar-refractivity contribution in [2.24, 2.45) is 0 Å². The van der Waals surface area contributed by atoms with Gasteiger partial charge >= 0.3 is 0 Å². The van der Waals surface area contributed by atoms with Crippen LogP contribution in [0.5, 0.6) is 0 Å². The van der Waals surface area contributed by atoms with E-state index in [0.29, 0.717) is 6.42 Å². The fourth-order valence-electron chi connectivity index (χ4n) is 2.99. The third-order valence-corrected chi connectivity index (χ3v) is 6.22. The van der Waals surface area contributed by atoms with Crippen LogP contribution in [0.2, 0.25) is 0 Å². The molecule has 1 unspecified atom stereocenters. The Bertz CT molecular complexity index is 691. The second-order valence-corrected chi connectivity index (χ2v) is 7.46. The van der Waals surface area contributed by atoms with E-state index in [1.54, 1.807) is 0 Å². The maximum Gasteiger partial charge on any atom is 0.242 e. The molecule has 4 nitrogen and oxygen atoms in total. The summed E-state index contributed by atoms with van der Waals surface area (Å²) in [6, 6.07) is 7.63. The van der Waals surface area contributed by atoms with E-state index in [0.717, 1.165) is 29.8 Å². The number of hydrogen-bond donors (Lipinski definition) is 1. The first kappa shape index (κ1) is 14.4. The van der Waals surface area contributed by atoms with Crippen LogP contribution in [0.3, 0.4) is 0 Å². The lowest BCUT2D eigenvalue weighted by molar-refractivity contribution is 0.284. The van der Waals surface area contributed by atoms with Gasteiger partial charge in [-0.2, -0.15) is 0 Å². The Kier molecular flexibility index (Phi) is 3.87. The molecule has 1 aliphatic carbocycles. The first-order valence-electron chi connectivity index (χ1n) is 7.23. The summed E-state index contributed by atoms with van der Waals surface area (Å²) < 4.78 is 27.3. The summed E-state index contributed by atoms with van der Waals surface area (Å²) in [4.78, 5) is 0. The van der Waals surface area contributed by atoms with Crippen molar-refractivity contribution >= 4 is 15.7 Å². The van der Waals surface area contributed by atoms with Crippen molar-refractivity contribution in [3.8, 4) is 0 Å². The largest absolute Gasteiger partial charge is 0.396 e. The van der Waals surface area contributed by atoms with E-state index in [1.807, 2.05) is 42.5 Å². The highest BCUT2D eigenvalue weighted by Gasteiger charge is 2.39. The van der Waals surface area contributed by atoms with E-state index in [2.05, 4.69) is 0 Å². The molecule has 112 valence electrons. The molecule has 0 saturated heterocycles. The zero-order valence-corrected chi connectivity index (χ0v) is 12.6. The number of aliphatic hydroxyl groups excluding tert-OH is 1. The van der Waals surface area contributed by atoms with Crippen molar-refractivity contribution in [1.29, 1.82) is 0 Å². The second kappa shape index (κ2) is 5.66. The topological polar surface area (TPSA) is 57.6 Å². The zero-order chi connectivity index (χ0) is 14.9. The molecule has 0 bridgehead atoms. The van der Waals surface area contributed by atoms with E-state index in [9.17, 15) is 13.5 Å². The minimum Gasteiger partial charge on any atom is -0.396 e. The van der Waals surface area contributed by atoms with Gasteiger partial charge in [-0.15, -0.1) is 0 Å². The molecule has 5 heteroatoms. The molecular weight excluding hydrogens is 286 g/mol. The summed E-state index contributed by atoms with van der Waals surface area (Å²) in [6.07, 6.45) is 8.14. The van der Waals surface area contributed by atoms with Crippen LogP contribution in [0, 0.1) is 0 Å². The highest BCUT2D eigenvalue weighted by atomic mass is 32.2. The summed E-state index contributed by atoms with van der Waals surface area (Å²) in [5.41, 5.74) is 2.60. The molecule has 0 radical (unpaired) electrons. The van der Waals surface area contributed by atoms with Gasteiger partial charge in [0.2, 0.25) is 10.0 Å². The van der Waals surface area contributed by atoms with Gasteiger partial charge in [-0.3, -0.25) is 0 Å². The molecule has 3 rings (SSSR count). The van der Waals surface area contributed by atoms with Crippen molar-refractivity contribution in [3.63, 3.8) is 0 Å². The number of benzene rings is 1. The number of allylic oxidation sites excluding steroid dienone is 4. The number of para-hydroxylation sites is 1. The third-order valence-electron chi connectivity index (χ3n) is 4.04. The normalized spacial score (nSPS) is 23.6. The van der Waals surface area contributed by atoms with Crippen molar-refractivity contribution in [2.75, 3.05) is 10.9 Å². The van der Waals surface area contributed by atoms with Gasteiger partial charge in [0.15, 0.2) is 0 Å². The monoisotopic (exact) mass is 305 g/mol. The van der Waals surface area contributed by atoms with Crippen LogP contribution in [0.4, 0.5) is 5.69 Å². The van der Waals surface area contributed by atoms with E-state index in [1.165, 1.54) is 4.31 Å². The SMILES string of the molecule is O=S1(=O)C(CCO)Cc2ccccc2N1C1=CC=CCC1. The maximum atomic E-state index is 12.9. The van der Waals surface area contributed by atoms with Crippen molar-refractivity contribution in [1.82, 2.24) is 0 Å². The second-order valence-electron chi connectivity index (χ2n) is 5.40. The van der Waals surface area contributed by atoms with Crippen LogP contribution in [-0.2, 0) is 16.4 Å². The summed E-state index contributed by atoms with van der Waals surface area (Å²) in [5, 5.41) is 8.63. The quantitative estimate of drug-likeness (QED) is 0.932. The molecule has 2 aliphatic rings. The number of aliphatic hydroxyl groups is 1. The number of nitrogens with zero attached hydrogens (tertiary/aromatic N) is 1. The molecule has 1 N–H and O–H groups in total. The molecule has 1 aliphatic heterocycles. The van der Waals surface area contributed by atoms with Crippen LogP contribution < -0.4 is 4.31 Å². The average molecular weight is 305 g/mol. The van der Waals surface area contributed by atoms with Gasteiger partial charge in [-0.25, -0.2) is 12.7 Å². The summed E-state index contributed by atoms with van der Waals surface area (Å²) in [5.74, 6) is 0. The molecule has 0 spiro atoms. The molecule has 0 aromatic heterocycles. The molecule has 1 aromatic carbocycles. The Labute approximate surface area is 125 Å². The van der Waals surface area contributed by atoms with Gasteiger partial charge in [0.1, 0.15) is 0 Å². The Morgan fingerprint density at radius 2 is 2.10 bits per heavy atom. The lowest BCUT2D eigenvalue weighted by Gasteiger charge is -2.37. The summed E-state index contributed by atoms with van der Waals surface area (Å²) in [7, 11) is -3.47. The Hall–Kier alpha value is -1.59. The van der Waals surface area contributed by atoms with Gasteiger partial charge in [0, 0.05) is 12.3 Å². The average Bonchev–Trinajstić information content (AvgIpc) is 2.49. The minimum atomic E-state index is -3.47. The molecule has 0 fully saturated rings. The molecule has 21 heavy (non-hydrogen) atoms. The van der Waals surface area contributed by atoms with Gasteiger partial charge in [-0.1, -0.05) is 30.4 Å². The van der Waals surface area contributed by atoms with Crippen LogP contribution in [-0.4, -0.2) is 25.4 Å². The minimum absolute atomic E-state index is 0.112. The fraction of sp³-hybridized carbons (Fsp3) is 0.375. The lowest BCUT2D eigenvalue weighted by Crippen LogP contribution is -2.44. The number of rotatable bonds is 3. The van der Waals surface area contributed by atoms with Crippen LogP contribution >= 0.6 is 0 Å². The summed E-state index contributed by atoms with van der Waals surface area (Å²) >= 11 is 0. The first-order chi connectivity index (χ1) is 10.1. The number of fused-ring (bicyclic) bond motifs is 1.